The molecule has 1 saturated heterocycles. The van der Waals surface area contributed by atoms with Gasteiger partial charge in [0.15, 0.2) is 0 Å². The molecule has 0 aliphatic carbocycles. The Kier molecular flexibility index (Phi) is 10.9. The minimum absolute atomic E-state index is 0.499. The van der Waals surface area contributed by atoms with E-state index in [1.807, 2.05) is 0 Å². The Balaban J connectivity index is 1.95. The summed E-state index contributed by atoms with van der Waals surface area (Å²) >= 11 is 0. The van der Waals surface area contributed by atoms with Gasteiger partial charge in [-0.2, -0.15) is 0 Å². The van der Waals surface area contributed by atoms with Crippen molar-refractivity contribution in [1.29, 1.82) is 0 Å². The fraction of sp³-hybridized carbons (Fsp3) is 0.947. The molecule has 2 nitrogen and oxygen atoms in total. The monoisotopic (exact) mass is 295 g/mol. The van der Waals surface area contributed by atoms with Gasteiger partial charge >= 0.3 is 0 Å². The number of Topliss-reactive ketones (excluding diaryl/α,β-unsaturated/α-hetero) is 1. The van der Waals surface area contributed by atoms with Crippen molar-refractivity contribution in [3.8, 4) is 0 Å². The van der Waals surface area contributed by atoms with Crippen molar-refractivity contribution in [2.24, 2.45) is 11.8 Å². The molecule has 0 aromatic rings. The minimum Gasteiger partial charge on any atom is -0.316 e. The Labute approximate surface area is 132 Å². The molecule has 0 radical (unpaired) electrons. The van der Waals surface area contributed by atoms with Crippen molar-refractivity contribution in [1.82, 2.24) is 5.32 Å². The maximum atomic E-state index is 12.0. The lowest BCUT2D eigenvalue weighted by Gasteiger charge is -2.28. The van der Waals surface area contributed by atoms with E-state index in [9.17, 15) is 4.79 Å². The second kappa shape index (κ2) is 12.2. The van der Waals surface area contributed by atoms with E-state index in [0.29, 0.717) is 11.7 Å². The summed E-state index contributed by atoms with van der Waals surface area (Å²) in [5.74, 6) is 1.79. The topological polar surface area (TPSA) is 29.1 Å². The fourth-order valence-electron chi connectivity index (χ4n) is 3.45. The van der Waals surface area contributed by atoms with E-state index < -0.39 is 0 Å². The Hall–Kier alpha value is -0.370. The molecule has 1 aliphatic rings. The van der Waals surface area contributed by atoms with Gasteiger partial charge in [-0.05, 0) is 44.2 Å². The normalized spacial score (nSPS) is 20.4. The number of ketones is 1. The number of carbonyl (C=O) groups is 1. The van der Waals surface area contributed by atoms with Crippen molar-refractivity contribution in [3.05, 3.63) is 0 Å². The number of unbranched alkanes of at least 4 members (excludes halogenated alkanes) is 7. The molecule has 0 aromatic heterocycles. The van der Waals surface area contributed by atoms with E-state index in [0.717, 1.165) is 38.3 Å². The first kappa shape index (κ1) is 18.7. The van der Waals surface area contributed by atoms with Gasteiger partial charge in [-0.3, -0.25) is 4.79 Å². The Morgan fingerprint density at radius 1 is 1.10 bits per heavy atom. The van der Waals surface area contributed by atoms with Crippen molar-refractivity contribution in [3.63, 3.8) is 0 Å². The van der Waals surface area contributed by atoms with Crippen molar-refractivity contribution >= 4 is 5.78 Å². The van der Waals surface area contributed by atoms with E-state index in [1.54, 1.807) is 0 Å². The van der Waals surface area contributed by atoms with Crippen molar-refractivity contribution in [2.75, 3.05) is 13.1 Å². The largest absolute Gasteiger partial charge is 0.316 e. The maximum Gasteiger partial charge on any atom is 0.133 e. The van der Waals surface area contributed by atoms with Crippen LogP contribution in [-0.2, 0) is 4.79 Å². The van der Waals surface area contributed by atoms with Crippen LogP contribution in [0.4, 0.5) is 0 Å². The molecule has 0 saturated carbocycles. The SMILES string of the molecule is CCCCCCCCCCC(=O)CC(C)C1CCCNC1. The molecule has 2 heteroatoms. The molecular formula is C19H37NO. The molecule has 1 fully saturated rings. The summed E-state index contributed by atoms with van der Waals surface area (Å²) in [7, 11) is 0. The van der Waals surface area contributed by atoms with Gasteiger partial charge in [0, 0.05) is 12.8 Å². The van der Waals surface area contributed by atoms with E-state index in [1.165, 1.54) is 57.8 Å². The summed E-state index contributed by atoms with van der Waals surface area (Å²) in [4.78, 5) is 12.0. The molecule has 0 amide bonds. The highest BCUT2D eigenvalue weighted by molar-refractivity contribution is 5.78. The fourth-order valence-corrected chi connectivity index (χ4v) is 3.45. The highest BCUT2D eigenvalue weighted by atomic mass is 16.1. The van der Waals surface area contributed by atoms with Gasteiger partial charge in [0.25, 0.3) is 0 Å². The van der Waals surface area contributed by atoms with Crippen LogP contribution in [0, 0.1) is 11.8 Å². The molecule has 1 aliphatic heterocycles. The molecule has 0 spiro atoms. The molecule has 1 rings (SSSR count). The van der Waals surface area contributed by atoms with Crippen LogP contribution in [0.25, 0.3) is 0 Å². The summed E-state index contributed by atoms with van der Waals surface area (Å²) in [6.45, 7) is 6.81. The number of carbonyl (C=O) groups excluding carboxylic acids is 1. The van der Waals surface area contributed by atoms with Crippen LogP contribution in [-0.4, -0.2) is 18.9 Å². The summed E-state index contributed by atoms with van der Waals surface area (Å²) in [6, 6.07) is 0. The summed E-state index contributed by atoms with van der Waals surface area (Å²) < 4.78 is 0. The molecule has 0 aromatic carbocycles. The van der Waals surface area contributed by atoms with Gasteiger partial charge in [-0.25, -0.2) is 0 Å². The zero-order valence-electron chi connectivity index (χ0n) is 14.5. The first-order valence-corrected chi connectivity index (χ1v) is 9.46. The van der Waals surface area contributed by atoms with E-state index in [-0.39, 0.29) is 0 Å². The summed E-state index contributed by atoms with van der Waals surface area (Å²) in [5.41, 5.74) is 0. The Bertz CT molecular complexity index is 258. The second-order valence-electron chi connectivity index (χ2n) is 7.05. The van der Waals surface area contributed by atoms with Crippen LogP contribution >= 0.6 is 0 Å². The van der Waals surface area contributed by atoms with Crippen LogP contribution in [0.2, 0.25) is 0 Å². The average molecular weight is 296 g/mol. The summed E-state index contributed by atoms with van der Waals surface area (Å²) in [5, 5.41) is 3.46. The van der Waals surface area contributed by atoms with Gasteiger partial charge in [-0.1, -0.05) is 58.8 Å². The molecule has 0 bridgehead atoms. The van der Waals surface area contributed by atoms with Gasteiger partial charge in [-0.15, -0.1) is 0 Å². The second-order valence-corrected chi connectivity index (χ2v) is 7.05. The van der Waals surface area contributed by atoms with Crippen LogP contribution < -0.4 is 5.32 Å². The number of piperidine rings is 1. The smallest absolute Gasteiger partial charge is 0.133 e. The third-order valence-corrected chi connectivity index (χ3v) is 5.00. The van der Waals surface area contributed by atoms with Crippen LogP contribution in [0.1, 0.15) is 90.9 Å². The highest BCUT2D eigenvalue weighted by Crippen LogP contribution is 2.23. The predicted octanol–water partition coefficient (Wildman–Crippen LogP) is 5.11. The van der Waals surface area contributed by atoms with Gasteiger partial charge in [0.2, 0.25) is 0 Å². The van der Waals surface area contributed by atoms with Gasteiger partial charge in [0.1, 0.15) is 5.78 Å². The third kappa shape index (κ3) is 9.29. The first-order valence-electron chi connectivity index (χ1n) is 9.46. The van der Waals surface area contributed by atoms with Crippen molar-refractivity contribution < 1.29 is 4.79 Å². The third-order valence-electron chi connectivity index (χ3n) is 5.00. The minimum atomic E-state index is 0.499. The summed E-state index contributed by atoms with van der Waals surface area (Å²) in [6.07, 6.45) is 14.7. The predicted molar refractivity (Wildman–Crippen MR) is 91.6 cm³/mol. The number of nitrogens with one attached hydrogen (secondary N) is 1. The van der Waals surface area contributed by atoms with Crippen LogP contribution in [0.3, 0.4) is 0 Å². The van der Waals surface area contributed by atoms with Crippen molar-refractivity contribution in [2.45, 2.75) is 90.9 Å². The van der Waals surface area contributed by atoms with E-state index in [2.05, 4.69) is 19.2 Å². The highest BCUT2D eigenvalue weighted by Gasteiger charge is 2.21. The Morgan fingerprint density at radius 2 is 1.76 bits per heavy atom. The quantitative estimate of drug-likeness (QED) is 0.507. The Morgan fingerprint density at radius 3 is 2.38 bits per heavy atom. The van der Waals surface area contributed by atoms with Gasteiger partial charge < -0.3 is 5.32 Å². The van der Waals surface area contributed by atoms with Crippen LogP contribution in [0.5, 0.6) is 0 Å². The molecule has 2 atom stereocenters. The lowest BCUT2D eigenvalue weighted by atomic mass is 9.84. The molecule has 2 unspecified atom stereocenters. The lowest BCUT2D eigenvalue weighted by molar-refractivity contribution is -0.120. The molecular weight excluding hydrogens is 258 g/mol. The maximum absolute atomic E-state index is 12.0. The van der Waals surface area contributed by atoms with Crippen LogP contribution in [0.15, 0.2) is 0 Å². The van der Waals surface area contributed by atoms with E-state index in [4.69, 9.17) is 0 Å². The molecule has 124 valence electrons. The molecule has 1 heterocycles. The molecule has 21 heavy (non-hydrogen) atoms. The zero-order valence-corrected chi connectivity index (χ0v) is 14.5. The molecule has 1 N–H and O–H groups in total. The van der Waals surface area contributed by atoms with E-state index >= 15 is 0 Å². The average Bonchev–Trinajstić information content (AvgIpc) is 2.50. The zero-order chi connectivity index (χ0) is 15.3. The standard InChI is InChI=1S/C19H37NO/c1-3-4-5-6-7-8-9-10-13-19(21)15-17(2)18-12-11-14-20-16-18/h17-18,20H,3-16H2,1-2H3. The lowest BCUT2D eigenvalue weighted by Crippen LogP contribution is -2.33. The first-order chi connectivity index (χ1) is 10.2. The number of rotatable bonds is 12. The van der Waals surface area contributed by atoms with Gasteiger partial charge in [0.05, 0.1) is 0 Å². The number of hydrogen-bond donors (Lipinski definition) is 1. The number of hydrogen-bond acceptors (Lipinski definition) is 2.